The van der Waals surface area contributed by atoms with Crippen LogP contribution in [0.2, 0.25) is 0 Å². The van der Waals surface area contributed by atoms with Crippen molar-refractivity contribution in [1.29, 1.82) is 0 Å². The molecule has 1 atom stereocenters. The molecule has 1 aromatic carbocycles. The van der Waals surface area contributed by atoms with Gasteiger partial charge in [-0.15, -0.1) is 11.3 Å². The zero-order valence-corrected chi connectivity index (χ0v) is 12.6. The van der Waals surface area contributed by atoms with Gasteiger partial charge in [-0.05, 0) is 37.6 Å². The van der Waals surface area contributed by atoms with Crippen LogP contribution in [0.4, 0.5) is 0 Å². The van der Waals surface area contributed by atoms with Crippen LogP contribution >= 0.6 is 11.3 Å². The zero-order chi connectivity index (χ0) is 13.8. The Hall–Kier alpha value is -1.26. The fourth-order valence-corrected chi connectivity index (χ4v) is 3.66. The summed E-state index contributed by atoms with van der Waals surface area (Å²) in [5, 5.41) is 0. The number of benzene rings is 1. The Morgan fingerprint density at radius 2 is 1.84 bits per heavy atom. The predicted molar refractivity (Wildman–Crippen MR) is 80.5 cm³/mol. The quantitative estimate of drug-likeness (QED) is 0.789. The molecule has 0 radical (unpaired) electrons. The van der Waals surface area contributed by atoms with E-state index in [9.17, 15) is 9.00 Å². The first-order valence-electron chi connectivity index (χ1n) is 6.17. The van der Waals surface area contributed by atoms with Crippen LogP contribution in [0.3, 0.4) is 0 Å². The van der Waals surface area contributed by atoms with E-state index < -0.39 is 10.8 Å². The van der Waals surface area contributed by atoms with Crippen LogP contribution in [0.15, 0.2) is 41.3 Å². The van der Waals surface area contributed by atoms with E-state index in [4.69, 9.17) is 0 Å². The van der Waals surface area contributed by atoms with Crippen LogP contribution in [0, 0.1) is 6.92 Å². The average molecular weight is 292 g/mol. The minimum atomic E-state index is -1.26. The normalized spacial score (nSPS) is 12.3. The van der Waals surface area contributed by atoms with E-state index in [2.05, 4.69) is 6.92 Å². The molecule has 0 bridgehead atoms. The molecule has 4 heteroatoms. The van der Waals surface area contributed by atoms with Gasteiger partial charge in [0.25, 0.3) is 0 Å². The summed E-state index contributed by atoms with van der Waals surface area (Å²) in [5.41, 5.74) is 1.12. The molecule has 1 aromatic heterocycles. The van der Waals surface area contributed by atoms with Gasteiger partial charge < -0.3 is 0 Å². The maximum atomic E-state index is 12.1. The highest BCUT2D eigenvalue weighted by Crippen LogP contribution is 2.18. The topological polar surface area (TPSA) is 34.1 Å². The molecular weight excluding hydrogens is 276 g/mol. The molecule has 2 rings (SSSR count). The Kier molecular flexibility index (Phi) is 4.66. The van der Waals surface area contributed by atoms with Crippen molar-refractivity contribution in [2.24, 2.45) is 0 Å². The van der Waals surface area contributed by atoms with Crippen LogP contribution in [0.25, 0.3) is 0 Å². The first-order chi connectivity index (χ1) is 9.10. The van der Waals surface area contributed by atoms with Gasteiger partial charge in [-0.1, -0.05) is 24.6 Å². The van der Waals surface area contributed by atoms with E-state index >= 15 is 0 Å². The van der Waals surface area contributed by atoms with E-state index in [1.54, 1.807) is 0 Å². The van der Waals surface area contributed by atoms with E-state index in [0.29, 0.717) is 9.77 Å². The zero-order valence-electron chi connectivity index (χ0n) is 11.0. The van der Waals surface area contributed by atoms with Gasteiger partial charge in [0, 0.05) is 9.77 Å². The first-order valence-corrected chi connectivity index (χ1v) is 8.30. The van der Waals surface area contributed by atoms with Crippen molar-refractivity contribution in [3.63, 3.8) is 0 Å². The Morgan fingerprint density at radius 3 is 2.42 bits per heavy atom. The van der Waals surface area contributed by atoms with Crippen LogP contribution < -0.4 is 0 Å². The van der Waals surface area contributed by atoms with Gasteiger partial charge in [-0.3, -0.25) is 9.00 Å². The minimum Gasteiger partial charge on any atom is -0.292 e. The van der Waals surface area contributed by atoms with Gasteiger partial charge in [-0.25, -0.2) is 0 Å². The second-order valence-electron chi connectivity index (χ2n) is 4.35. The van der Waals surface area contributed by atoms with Crippen LogP contribution in [-0.2, 0) is 17.2 Å². The maximum Gasteiger partial charge on any atom is 0.185 e. The van der Waals surface area contributed by atoms with E-state index in [-0.39, 0.29) is 11.5 Å². The summed E-state index contributed by atoms with van der Waals surface area (Å²) in [5.74, 6) is 0.0239. The fraction of sp³-hybridized carbons (Fsp3) is 0.267. The van der Waals surface area contributed by atoms with E-state index in [1.165, 1.54) is 16.2 Å². The summed E-state index contributed by atoms with van der Waals surface area (Å²) in [7, 11) is -1.26. The van der Waals surface area contributed by atoms with Crippen molar-refractivity contribution < 1.29 is 9.00 Å². The number of aryl methyl sites for hydroxylation is 2. The highest BCUT2D eigenvalue weighted by molar-refractivity contribution is 7.85. The van der Waals surface area contributed by atoms with E-state index in [1.807, 2.05) is 43.3 Å². The number of hydrogen-bond donors (Lipinski definition) is 0. The van der Waals surface area contributed by atoms with Crippen LogP contribution in [0.5, 0.6) is 0 Å². The average Bonchev–Trinajstić information content (AvgIpc) is 2.88. The van der Waals surface area contributed by atoms with Crippen molar-refractivity contribution in [3.05, 3.63) is 51.7 Å². The van der Waals surface area contributed by atoms with E-state index in [0.717, 1.165) is 12.0 Å². The maximum absolute atomic E-state index is 12.1. The molecule has 19 heavy (non-hydrogen) atoms. The smallest absolute Gasteiger partial charge is 0.185 e. The first kappa shape index (κ1) is 14.2. The van der Waals surface area contributed by atoms with Crippen molar-refractivity contribution in [2.45, 2.75) is 25.2 Å². The highest BCUT2D eigenvalue weighted by Gasteiger charge is 2.14. The number of carbonyl (C=O) groups excluding carboxylic acids is 1. The second-order valence-corrected chi connectivity index (χ2v) is 6.97. The summed E-state index contributed by atoms with van der Waals surface area (Å²) in [4.78, 5) is 14.6. The number of rotatable bonds is 5. The van der Waals surface area contributed by atoms with Crippen molar-refractivity contribution >= 4 is 27.9 Å². The Bertz CT molecular complexity index is 597. The van der Waals surface area contributed by atoms with Gasteiger partial charge in [-0.2, -0.15) is 0 Å². The third-order valence-corrected chi connectivity index (χ3v) is 5.42. The minimum absolute atomic E-state index is 0.0383. The Balaban J connectivity index is 2.06. The number of ketones is 1. The number of Topliss-reactive ketones (excluding diaryl/α,β-unsaturated/α-hetero) is 1. The second kappa shape index (κ2) is 6.26. The molecule has 2 nitrogen and oxygen atoms in total. The van der Waals surface area contributed by atoms with Gasteiger partial charge in [0.05, 0.1) is 21.4 Å². The number of thiophene rings is 1. The van der Waals surface area contributed by atoms with Crippen molar-refractivity contribution in [1.82, 2.24) is 0 Å². The molecule has 1 unspecified atom stereocenters. The lowest BCUT2D eigenvalue weighted by Gasteiger charge is -2.01. The Labute approximate surface area is 119 Å². The monoisotopic (exact) mass is 292 g/mol. The summed E-state index contributed by atoms with van der Waals surface area (Å²) in [6.45, 7) is 4.04. The van der Waals surface area contributed by atoms with Crippen LogP contribution in [-0.4, -0.2) is 15.7 Å². The molecular formula is C15H16O2S2. The highest BCUT2D eigenvalue weighted by atomic mass is 32.2. The summed E-state index contributed by atoms with van der Waals surface area (Å²) in [6, 6.07) is 11.3. The molecule has 0 aliphatic heterocycles. The third kappa shape index (κ3) is 3.61. The van der Waals surface area contributed by atoms with Gasteiger partial charge >= 0.3 is 0 Å². The van der Waals surface area contributed by atoms with Gasteiger partial charge in [0.15, 0.2) is 5.78 Å². The fourth-order valence-electron chi connectivity index (χ4n) is 1.68. The third-order valence-electron chi connectivity index (χ3n) is 2.83. The van der Waals surface area contributed by atoms with Crippen molar-refractivity contribution in [2.75, 3.05) is 5.75 Å². The lowest BCUT2D eigenvalue weighted by atomic mass is 10.2. The summed E-state index contributed by atoms with van der Waals surface area (Å²) < 4.78 is 12.1. The lowest BCUT2D eigenvalue weighted by molar-refractivity contribution is 0.102. The molecule has 0 N–H and O–H groups in total. The number of carbonyl (C=O) groups is 1. The molecule has 1 heterocycles. The number of hydrogen-bond acceptors (Lipinski definition) is 3. The summed E-state index contributed by atoms with van der Waals surface area (Å²) >= 11 is 1.50. The largest absolute Gasteiger partial charge is 0.292 e. The molecule has 0 saturated heterocycles. The lowest BCUT2D eigenvalue weighted by Crippen LogP contribution is -2.09. The summed E-state index contributed by atoms with van der Waals surface area (Å²) in [6.07, 6.45) is 0.930. The molecule has 0 spiro atoms. The molecule has 0 amide bonds. The molecule has 0 fully saturated rings. The van der Waals surface area contributed by atoms with Gasteiger partial charge in [0.2, 0.25) is 0 Å². The Morgan fingerprint density at radius 1 is 1.16 bits per heavy atom. The van der Waals surface area contributed by atoms with Crippen molar-refractivity contribution in [3.8, 4) is 0 Å². The molecule has 2 aromatic rings. The predicted octanol–water partition coefficient (Wildman–Crippen LogP) is 3.61. The SMILES string of the molecule is CCc1ccc(C(=O)CS(=O)c2ccc(C)cc2)s1. The molecule has 0 aliphatic rings. The van der Waals surface area contributed by atoms with Crippen LogP contribution in [0.1, 0.15) is 27.0 Å². The molecule has 100 valence electrons. The molecule has 0 aliphatic carbocycles. The standard InChI is InChI=1S/C15H16O2S2/c1-3-12-6-9-15(18-12)14(16)10-19(17)13-7-4-11(2)5-8-13/h4-9H,3,10H2,1-2H3. The van der Waals surface area contributed by atoms with Gasteiger partial charge in [0.1, 0.15) is 0 Å². The molecule has 0 saturated carbocycles.